The molecule has 0 saturated heterocycles. The van der Waals surface area contributed by atoms with Gasteiger partial charge in [-0.25, -0.2) is 0 Å². The van der Waals surface area contributed by atoms with Gasteiger partial charge in [-0.15, -0.1) is 0 Å². The summed E-state index contributed by atoms with van der Waals surface area (Å²) >= 11 is 0. The van der Waals surface area contributed by atoms with Crippen LogP contribution < -0.4 is 0 Å². The summed E-state index contributed by atoms with van der Waals surface area (Å²) in [6, 6.07) is 1.77. The first-order chi connectivity index (χ1) is 6.56. The molecule has 1 aromatic rings. The molecule has 0 unspecified atom stereocenters. The van der Waals surface area contributed by atoms with Crippen molar-refractivity contribution in [2.24, 2.45) is 0 Å². The zero-order valence-corrected chi connectivity index (χ0v) is 8.28. The first-order valence-corrected chi connectivity index (χ1v) is 4.77. The zero-order chi connectivity index (χ0) is 10.3. The van der Waals surface area contributed by atoms with Crippen LogP contribution in [0.3, 0.4) is 0 Å². The van der Waals surface area contributed by atoms with Crippen LogP contribution in [0.5, 0.6) is 0 Å². The van der Waals surface area contributed by atoms with Crippen molar-refractivity contribution >= 4 is 5.97 Å². The molecule has 1 fully saturated rings. The van der Waals surface area contributed by atoms with Gasteiger partial charge in [0.05, 0.1) is 0 Å². The number of aromatic nitrogens is 1. The SMILES string of the molecule is CC(C)c1cc(C2(C(=O)O)CC2)no1. The number of carbonyl (C=O) groups is 1. The van der Waals surface area contributed by atoms with Crippen molar-refractivity contribution in [2.45, 2.75) is 38.0 Å². The quantitative estimate of drug-likeness (QED) is 0.800. The lowest BCUT2D eigenvalue weighted by Gasteiger charge is -2.02. The minimum Gasteiger partial charge on any atom is -0.481 e. The third kappa shape index (κ3) is 1.22. The van der Waals surface area contributed by atoms with Gasteiger partial charge in [0.15, 0.2) is 0 Å². The number of carboxylic acids is 1. The van der Waals surface area contributed by atoms with Crippen LogP contribution in [-0.4, -0.2) is 16.2 Å². The van der Waals surface area contributed by atoms with Crippen LogP contribution in [0.2, 0.25) is 0 Å². The van der Waals surface area contributed by atoms with Crippen LogP contribution in [0, 0.1) is 0 Å². The van der Waals surface area contributed by atoms with Crippen molar-refractivity contribution in [2.75, 3.05) is 0 Å². The second-order valence-corrected chi connectivity index (χ2v) is 4.16. The van der Waals surface area contributed by atoms with E-state index in [0.717, 1.165) is 5.76 Å². The third-order valence-electron chi connectivity index (χ3n) is 2.75. The highest BCUT2D eigenvalue weighted by Crippen LogP contribution is 2.48. The van der Waals surface area contributed by atoms with E-state index in [0.29, 0.717) is 18.5 Å². The maximum absolute atomic E-state index is 11.0. The lowest BCUT2D eigenvalue weighted by Crippen LogP contribution is -2.19. The highest BCUT2D eigenvalue weighted by Gasteiger charge is 2.54. The summed E-state index contributed by atoms with van der Waals surface area (Å²) in [5.41, 5.74) is -0.162. The van der Waals surface area contributed by atoms with Gasteiger partial charge >= 0.3 is 5.97 Å². The fourth-order valence-corrected chi connectivity index (χ4v) is 1.49. The fourth-order valence-electron chi connectivity index (χ4n) is 1.49. The Balaban J connectivity index is 2.30. The van der Waals surface area contributed by atoms with E-state index in [2.05, 4.69) is 5.16 Å². The lowest BCUT2D eigenvalue weighted by molar-refractivity contribution is -0.140. The molecule has 0 atom stereocenters. The molecule has 1 heterocycles. The van der Waals surface area contributed by atoms with Gasteiger partial charge in [0.1, 0.15) is 16.9 Å². The van der Waals surface area contributed by atoms with Crippen LogP contribution in [0.15, 0.2) is 10.6 Å². The Kier molecular flexibility index (Phi) is 1.87. The van der Waals surface area contributed by atoms with Crippen LogP contribution in [-0.2, 0) is 10.2 Å². The van der Waals surface area contributed by atoms with Gasteiger partial charge in [0.25, 0.3) is 0 Å². The number of rotatable bonds is 3. The molecule has 1 aromatic heterocycles. The molecule has 4 nitrogen and oxygen atoms in total. The minimum atomic E-state index is -0.791. The third-order valence-corrected chi connectivity index (χ3v) is 2.75. The molecule has 0 amide bonds. The van der Waals surface area contributed by atoms with E-state index < -0.39 is 11.4 Å². The molecule has 1 saturated carbocycles. The number of hydrogen-bond acceptors (Lipinski definition) is 3. The van der Waals surface area contributed by atoms with E-state index >= 15 is 0 Å². The molecule has 0 aromatic carbocycles. The van der Waals surface area contributed by atoms with E-state index in [1.807, 2.05) is 13.8 Å². The second-order valence-electron chi connectivity index (χ2n) is 4.16. The highest BCUT2D eigenvalue weighted by atomic mass is 16.5. The summed E-state index contributed by atoms with van der Waals surface area (Å²) in [6.07, 6.45) is 1.35. The Morgan fingerprint density at radius 1 is 1.64 bits per heavy atom. The largest absolute Gasteiger partial charge is 0.481 e. The van der Waals surface area contributed by atoms with Gasteiger partial charge in [-0.05, 0) is 12.8 Å². The molecule has 14 heavy (non-hydrogen) atoms. The van der Waals surface area contributed by atoms with Crippen molar-refractivity contribution < 1.29 is 14.4 Å². The van der Waals surface area contributed by atoms with Crippen molar-refractivity contribution in [1.82, 2.24) is 5.16 Å². The summed E-state index contributed by atoms with van der Waals surface area (Å²) in [6.45, 7) is 3.98. The van der Waals surface area contributed by atoms with E-state index in [1.54, 1.807) is 6.07 Å². The molecule has 76 valence electrons. The Morgan fingerprint density at radius 2 is 2.29 bits per heavy atom. The van der Waals surface area contributed by atoms with Crippen molar-refractivity contribution in [1.29, 1.82) is 0 Å². The summed E-state index contributed by atoms with van der Waals surface area (Å²) < 4.78 is 5.09. The van der Waals surface area contributed by atoms with Crippen molar-refractivity contribution in [3.63, 3.8) is 0 Å². The zero-order valence-electron chi connectivity index (χ0n) is 8.28. The maximum Gasteiger partial charge on any atom is 0.315 e. The van der Waals surface area contributed by atoms with Crippen LogP contribution in [0.4, 0.5) is 0 Å². The topological polar surface area (TPSA) is 63.3 Å². The predicted octanol–water partition coefficient (Wildman–Crippen LogP) is 1.91. The van der Waals surface area contributed by atoms with Crippen LogP contribution in [0.1, 0.15) is 44.1 Å². The molecule has 0 aliphatic heterocycles. The number of aliphatic carboxylic acids is 1. The average Bonchev–Trinajstić information content (AvgIpc) is 2.77. The van der Waals surface area contributed by atoms with Crippen LogP contribution in [0.25, 0.3) is 0 Å². The molecule has 1 N–H and O–H groups in total. The van der Waals surface area contributed by atoms with E-state index in [-0.39, 0.29) is 5.92 Å². The summed E-state index contributed by atoms with van der Waals surface area (Å²) in [7, 11) is 0. The molecular formula is C10H13NO3. The lowest BCUT2D eigenvalue weighted by atomic mass is 10.0. The van der Waals surface area contributed by atoms with Gasteiger partial charge in [0, 0.05) is 12.0 Å². The monoisotopic (exact) mass is 195 g/mol. The van der Waals surface area contributed by atoms with Crippen LogP contribution >= 0.6 is 0 Å². The molecule has 1 aliphatic carbocycles. The summed E-state index contributed by atoms with van der Waals surface area (Å²) in [5.74, 6) is 0.217. The molecule has 1 aliphatic rings. The van der Waals surface area contributed by atoms with Crippen molar-refractivity contribution in [3.8, 4) is 0 Å². The highest BCUT2D eigenvalue weighted by molar-refractivity contribution is 5.84. The minimum absolute atomic E-state index is 0.251. The van der Waals surface area contributed by atoms with Gasteiger partial charge in [-0.3, -0.25) is 4.79 Å². The molecule has 0 bridgehead atoms. The molecule has 0 radical (unpaired) electrons. The normalized spacial score (nSPS) is 18.5. The van der Waals surface area contributed by atoms with Gasteiger partial charge in [-0.1, -0.05) is 19.0 Å². The summed E-state index contributed by atoms with van der Waals surface area (Å²) in [4.78, 5) is 11.0. The Bertz CT molecular complexity index is 363. The smallest absolute Gasteiger partial charge is 0.315 e. The summed E-state index contributed by atoms with van der Waals surface area (Å²) in [5, 5.41) is 12.9. The van der Waals surface area contributed by atoms with Crippen molar-refractivity contribution in [3.05, 3.63) is 17.5 Å². The molecular weight excluding hydrogens is 182 g/mol. The molecule has 2 rings (SSSR count). The fraction of sp³-hybridized carbons (Fsp3) is 0.600. The Morgan fingerprint density at radius 3 is 2.64 bits per heavy atom. The van der Waals surface area contributed by atoms with E-state index in [9.17, 15) is 4.79 Å². The van der Waals surface area contributed by atoms with E-state index in [1.165, 1.54) is 0 Å². The number of hydrogen-bond donors (Lipinski definition) is 1. The average molecular weight is 195 g/mol. The Labute approximate surface area is 81.9 Å². The number of nitrogens with zero attached hydrogens (tertiary/aromatic N) is 1. The second kappa shape index (κ2) is 2.83. The molecule has 0 spiro atoms. The van der Waals surface area contributed by atoms with Gasteiger partial charge in [-0.2, -0.15) is 0 Å². The molecule has 4 heteroatoms. The first-order valence-electron chi connectivity index (χ1n) is 4.77. The first kappa shape index (κ1) is 9.24. The maximum atomic E-state index is 11.0. The van der Waals surface area contributed by atoms with E-state index in [4.69, 9.17) is 9.63 Å². The Hall–Kier alpha value is -1.32. The predicted molar refractivity (Wildman–Crippen MR) is 49.1 cm³/mol. The van der Waals surface area contributed by atoms with Gasteiger partial charge < -0.3 is 9.63 Å². The standard InChI is InChI=1S/C10H13NO3/c1-6(2)7-5-8(11-14-7)10(3-4-10)9(12)13/h5-6H,3-4H2,1-2H3,(H,12,13). The van der Waals surface area contributed by atoms with Gasteiger partial charge in [0.2, 0.25) is 0 Å². The number of carboxylic acid groups (broad SMARTS) is 1.